The second-order valence-corrected chi connectivity index (χ2v) is 5.45. The molecule has 0 saturated carbocycles. The average molecular weight is 327 g/mol. The third-order valence-corrected chi connectivity index (χ3v) is 3.79. The predicted octanol–water partition coefficient (Wildman–Crippen LogP) is 2.50. The molecule has 0 spiro atoms. The van der Waals surface area contributed by atoms with Crippen molar-refractivity contribution < 1.29 is 24.2 Å². The number of aliphatic hydroxyl groups is 1. The summed E-state index contributed by atoms with van der Waals surface area (Å²) in [7, 11) is 0. The number of nitrogens with one attached hydrogen (secondary N) is 1. The van der Waals surface area contributed by atoms with Gasteiger partial charge in [-0.3, -0.25) is 4.79 Å². The summed E-state index contributed by atoms with van der Waals surface area (Å²) >= 11 is 0. The number of esters is 1. The standard InChI is InChI=1S/C18H17NO5/c1-3-23-13-7-5-4-6-12(13)19-16-17(21)15-10(2)8-11(20)9-14(15)24-18(16)22/h4-9,15-16,19-20H,2-3H2,1H3. The molecule has 1 fully saturated rings. The van der Waals surface area contributed by atoms with Crippen LogP contribution in [0.5, 0.6) is 5.75 Å². The molecule has 0 aromatic heterocycles. The number of hydrogen-bond donors (Lipinski definition) is 2. The Balaban J connectivity index is 1.88. The number of aliphatic hydroxyl groups excluding tert-OH is 1. The number of para-hydroxylation sites is 2. The Labute approximate surface area is 139 Å². The van der Waals surface area contributed by atoms with Gasteiger partial charge in [0.25, 0.3) is 0 Å². The highest BCUT2D eigenvalue weighted by atomic mass is 16.5. The van der Waals surface area contributed by atoms with Gasteiger partial charge in [0.1, 0.15) is 23.2 Å². The molecule has 24 heavy (non-hydrogen) atoms. The van der Waals surface area contributed by atoms with Crippen LogP contribution in [-0.4, -0.2) is 29.5 Å². The average Bonchev–Trinajstić information content (AvgIpc) is 2.52. The van der Waals surface area contributed by atoms with Crippen LogP contribution < -0.4 is 10.1 Å². The molecule has 1 heterocycles. The van der Waals surface area contributed by atoms with Gasteiger partial charge in [0.05, 0.1) is 12.3 Å². The van der Waals surface area contributed by atoms with Crippen molar-refractivity contribution in [2.75, 3.05) is 11.9 Å². The van der Waals surface area contributed by atoms with Gasteiger partial charge in [-0.25, -0.2) is 4.79 Å². The molecule has 0 amide bonds. The van der Waals surface area contributed by atoms with Gasteiger partial charge in [-0.1, -0.05) is 18.7 Å². The van der Waals surface area contributed by atoms with E-state index in [1.54, 1.807) is 24.3 Å². The molecule has 1 aromatic carbocycles. The first-order valence-corrected chi connectivity index (χ1v) is 7.56. The Bertz CT molecular complexity index is 777. The summed E-state index contributed by atoms with van der Waals surface area (Å²) in [6.45, 7) is 6.07. The summed E-state index contributed by atoms with van der Waals surface area (Å²) in [4.78, 5) is 25.0. The molecule has 6 heteroatoms. The van der Waals surface area contributed by atoms with Crippen molar-refractivity contribution in [1.82, 2.24) is 0 Å². The van der Waals surface area contributed by atoms with Crippen molar-refractivity contribution in [1.29, 1.82) is 0 Å². The van der Waals surface area contributed by atoms with Gasteiger partial charge in [-0.2, -0.15) is 0 Å². The van der Waals surface area contributed by atoms with Crippen molar-refractivity contribution in [2.45, 2.75) is 13.0 Å². The maximum absolute atomic E-state index is 12.7. The second-order valence-electron chi connectivity index (χ2n) is 5.45. The summed E-state index contributed by atoms with van der Waals surface area (Å²) in [5, 5.41) is 12.5. The molecule has 2 atom stereocenters. The number of benzene rings is 1. The zero-order valence-electron chi connectivity index (χ0n) is 13.1. The van der Waals surface area contributed by atoms with E-state index in [9.17, 15) is 14.7 Å². The van der Waals surface area contributed by atoms with Crippen molar-refractivity contribution in [3.8, 4) is 5.75 Å². The molecule has 0 bridgehead atoms. The molecule has 1 aliphatic heterocycles. The third kappa shape index (κ3) is 2.78. The number of carbonyl (C=O) groups is 2. The smallest absolute Gasteiger partial charge is 0.341 e. The number of carbonyl (C=O) groups excluding carboxylic acids is 2. The van der Waals surface area contributed by atoms with E-state index >= 15 is 0 Å². The number of hydrogen-bond acceptors (Lipinski definition) is 6. The Morgan fingerprint density at radius 3 is 2.79 bits per heavy atom. The number of ketones is 1. The fraction of sp³-hybridized carbons (Fsp3) is 0.222. The molecule has 6 nitrogen and oxygen atoms in total. The fourth-order valence-electron chi connectivity index (χ4n) is 2.75. The molecular formula is C18H17NO5. The Morgan fingerprint density at radius 2 is 2.04 bits per heavy atom. The number of fused-ring (bicyclic) bond motifs is 1. The first-order valence-electron chi connectivity index (χ1n) is 7.56. The van der Waals surface area contributed by atoms with Crippen molar-refractivity contribution in [3.63, 3.8) is 0 Å². The minimum absolute atomic E-state index is 0.0973. The highest BCUT2D eigenvalue weighted by Gasteiger charge is 2.44. The quantitative estimate of drug-likeness (QED) is 0.653. The Hall–Kier alpha value is -3.02. The lowest BCUT2D eigenvalue weighted by molar-refractivity contribution is -0.149. The molecule has 2 N–H and O–H groups in total. The molecule has 124 valence electrons. The van der Waals surface area contributed by atoms with E-state index in [-0.39, 0.29) is 17.3 Å². The molecule has 1 saturated heterocycles. The molecule has 1 aromatic rings. The van der Waals surface area contributed by atoms with Crippen molar-refractivity contribution in [2.24, 2.45) is 5.92 Å². The molecule has 1 aliphatic carbocycles. The maximum Gasteiger partial charge on any atom is 0.341 e. The van der Waals surface area contributed by atoms with Crippen molar-refractivity contribution in [3.05, 3.63) is 60.1 Å². The van der Waals surface area contributed by atoms with E-state index in [4.69, 9.17) is 9.47 Å². The van der Waals surface area contributed by atoms with Crippen LogP contribution in [0.1, 0.15) is 6.92 Å². The van der Waals surface area contributed by atoms with Crippen molar-refractivity contribution >= 4 is 17.4 Å². The van der Waals surface area contributed by atoms with E-state index in [2.05, 4.69) is 11.9 Å². The van der Waals surface area contributed by atoms with E-state index in [0.717, 1.165) is 0 Å². The summed E-state index contributed by atoms with van der Waals surface area (Å²) in [5.41, 5.74) is 0.911. The van der Waals surface area contributed by atoms with Crippen LogP contribution in [0.3, 0.4) is 0 Å². The lowest BCUT2D eigenvalue weighted by atomic mass is 9.84. The lowest BCUT2D eigenvalue weighted by Gasteiger charge is -2.32. The van der Waals surface area contributed by atoms with Crippen LogP contribution in [0.2, 0.25) is 0 Å². The van der Waals surface area contributed by atoms with E-state index < -0.39 is 17.9 Å². The number of rotatable bonds is 4. The van der Waals surface area contributed by atoms with E-state index in [1.165, 1.54) is 12.2 Å². The molecule has 2 aliphatic rings. The second kappa shape index (κ2) is 6.23. The summed E-state index contributed by atoms with van der Waals surface area (Å²) in [6, 6.07) is 5.87. The normalized spacial score (nSPS) is 23.0. The zero-order valence-corrected chi connectivity index (χ0v) is 13.1. The highest BCUT2D eigenvalue weighted by molar-refractivity contribution is 6.11. The number of anilines is 1. The largest absolute Gasteiger partial charge is 0.508 e. The molecule has 2 unspecified atom stereocenters. The number of allylic oxidation sites excluding steroid dienone is 3. The van der Waals surface area contributed by atoms with Gasteiger partial charge in [-0.05, 0) is 30.7 Å². The molecular weight excluding hydrogens is 310 g/mol. The summed E-state index contributed by atoms with van der Waals surface area (Å²) in [5.74, 6) is -1.34. The predicted molar refractivity (Wildman–Crippen MR) is 87.5 cm³/mol. The highest BCUT2D eigenvalue weighted by Crippen LogP contribution is 2.35. The topological polar surface area (TPSA) is 84.9 Å². The van der Waals surface area contributed by atoms with Gasteiger partial charge in [0.15, 0.2) is 11.8 Å². The zero-order chi connectivity index (χ0) is 17.3. The Morgan fingerprint density at radius 1 is 1.29 bits per heavy atom. The minimum atomic E-state index is -1.17. The van der Waals surface area contributed by atoms with Gasteiger partial charge in [-0.15, -0.1) is 0 Å². The SMILES string of the molecule is C=C1C=C(O)C=C2OC(=O)C(Nc3ccccc3OCC)C(=O)C12. The monoisotopic (exact) mass is 327 g/mol. The van der Waals surface area contributed by atoms with Gasteiger partial charge in [0, 0.05) is 6.08 Å². The van der Waals surface area contributed by atoms with Crippen LogP contribution in [0.25, 0.3) is 0 Å². The number of ether oxygens (including phenoxy) is 2. The van der Waals surface area contributed by atoms with E-state index in [0.29, 0.717) is 23.6 Å². The van der Waals surface area contributed by atoms with Crippen LogP contribution >= 0.6 is 0 Å². The van der Waals surface area contributed by atoms with Gasteiger partial charge in [0.2, 0.25) is 0 Å². The Kier molecular flexibility index (Phi) is 4.12. The number of Topliss-reactive ketones (excluding diaryl/α,β-unsaturated/α-hetero) is 1. The third-order valence-electron chi connectivity index (χ3n) is 3.79. The fourth-order valence-corrected chi connectivity index (χ4v) is 2.75. The van der Waals surface area contributed by atoms with Crippen LogP contribution in [0.4, 0.5) is 5.69 Å². The van der Waals surface area contributed by atoms with Crippen LogP contribution in [0.15, 0.2) is 60.1 Å². The minimum Gasteiger partial charge on any atom is -0.508 e. The summed E-state index contributed by atoms with van der Waals surface area (Å²) < 4.78 is 10.7. The summed E-state index contributed by atoms with van der Waals surface area (Å²) in [6.07, 6.45) is 2.65. The lowest BCUT2D eigenvalue weighted by Crippen LogP contribution is -2.48. The van der Waals surface area contributed by atoms with Crippen LogP contribution in [-0.2, 0) is 14.3 Å². The van der Waals surface area contributed by atoms with Crippen LogP contribution in [0, 0.1) is 5.92 Å². The van der Waals surface area contributed by atoms with E-state index in [1.807, 2.05) is 6.92 Å². The van der Waals surface area contributed by atoms with Gasteiger partial charge >= 0.3 is 5.97 Å². The molecule has 0 radical (unpaired) electrons. The van der Waals surface area contributed by atoms with Gasteiger partial charge < -0.3 is 19.9 Å². The first-order chi connectivity index (χ1) is 11.5. The first kappa shape index (κ1) is 15.9. The molecule has 3 rings (SSSR count). The maximum atomic E-state index is 12.7.